The Hall–Kier alpha value is -0.650. The minimum absolute atomic E-state index is 0.109. The molecule has 0 radical (unpaired) electrons. The van der Waals surface area contributed by atoms with Gasteiger partial charge in [0.15, 0.2) is 0 Å². The third-order valence-corrected chi connectivity index (χ3v) is 2.79. The van der Waals surface area contributed by atoms with Crippen LogP contribution in [0.15, 0.2) is 0 Å². The van der Waals surface area contributed by atoms with E-state index >= 15 is 0 Å². The largest absolute Gasteiger partial charge is 0.377 e. The van der Waals surface area contributed by atoms with Crippen molar-refractivity contribution in [2.24, 2.45) is 0 Å². The molecule has 0 atom stereocenters. The number of morpholine rings is 1. The maximum absolute atomic E-state index is 5.76. The zero-order valence-electron chi connectivity index (χ0n) is 9.07. The predicted octanol–water partition coefficient (Wildman–Crippen LogP) is 1.79. The minimum atomic E-state index is -0.174. The summed E-state index contributed by atoms with van der Waals surface area (Å²) in [6, 6.07) is 0. The van der Waals surface area contributed by atoms with Crippen LogP contribution in [0.1, 0.15) is 13.8 Å². The summed E-state index contributed by atoms with van der Waals surface area (Å²) in [7, 11) is 0. The smallest absolute Gasteiger partial charge is 0.231 e. The highest BCUT2D eigenvalue weighted by Crippen LogP contribution is 2.25. The second-order valence-corrected chi connectivity index (χ2v) is 4.87. The van der Waals surface area contributed by atoms with Crippen molar-refractivity contribution in [3.8, 4) is 0 Å². The second-order valence-electron chi connectivity index (χ2n) is 4.19. The maximum atomic E-state index is 5.76. The van der Waals surface area contributed by atoms with E-state index in [0.717, 1.165) is 0 Å². The van der Waals surface area contributed by atoms with E-state index in [1.165, 1.54) is 0 Å². The highest BCUT2D eigenvalue weighted by Gasteiger charge is 2.32. The molecule has 1 aromatic rings. The number of aromatic nitrogens is 3. The Morgan fingerprint density at radius 1 is 1.19 bits per heavy atom. The minimum Gasteiger partial charge on any atom is -0.377 e. The average Bonchev–Trinajstić information content (AvgIpc) is 2.15. The summed E-state index contributed by atoms with van der Waals surface area (Å²) in [6.45, 7) is 6.08. The van der Waals surface area contributed by atoms with Crippen molar-refractivity contribution in [3.05, 3.63) is 10.6 Å². The molecule has 1 aliphatic heterocycles. The Morgan fingerprint density at radius 2 is 1.81 bits per heavy atom. The summed E-state index contributed by atoms with van der Waals surface area (Å²) in [5, 5.41) is 0.217. The van der Waals surface area contributed by atoms with E-state index in [2.05, 4.69) is 28.8 Å². The summed E-state index contributed by atoms with van der Waals surface area (Å²) < 4.78 is 5.42. The molecule has 0 aromatic carbocycles. The lowest BCUT2D eigenvalue weighted by Crippen LogP contribution is -2.53. The second kappa shape index (κ2) is 4.31. The van der Waals surface area contributed by atoms with Crippen LogP contribution in [0.5, 0.6) is 0 Å². The fourth-order valence-electron chi connectivity index (χ4n) is 1.67. The van der Waals surface area contributed by atoms with Crippen LogP contribution in [0.25, 0.3) is 0 Å². The summed E-state index contributed by atoms with van der Waals surface area (Å²) >= 11 is 11.5. The topological polar surface area (TPSA) is 51.1 Å². The van der Waals surface area contributed by atoms with Crippen molar-refractivity contribution in [2.75, 3.05) is 24.7 Å². The van der Waals surface area contributed by atoms with E-state index in [9.17, 15) is 0 Å². The summed E-state index contributed by atoms with van der Waals surface area (Å²) in [5.41, 5.74) is -0.174. The first-order chi connectivity index (χ1) is 7.49. The highest BCUT2D eigenvalue weighted by atomic mass is 35.5. The van der Waals surface area contributed by atoms with Crippen LogP contribution >= 0.6 is 23.2 Å². The lowest BCUT2D eigenvalue weighted by molar-refractivity contribution is 0.0633. The first kappa shape index (κ1) is 11.8. The Kier molecular flexibility index (Phi) is 3.19. The number of ether oxygens (including phenoxy) is 1. The summed E-state index contributed by atoms with van der Waals surface area (Å²) in [5.74, 6) is 0.498. The van der Waals surface area contributed by atoms with Crippen LogP contribution in [0.4, 0.5) is 5.95 Å². The molecule has 88 valence electrons. The van der Waals surface area contributed by atoms with Crippen molar-refractivity contribution < 1.29 is 4.74 Å². The normalized spacial score (nSPS) is 19.9. The van der Waals surface area contributed by atoms with Gasteiger partial charge in [-0.15, -0.1) is 0 Å². The van der Waals surface area contributed by atoms with Gasteiger partial charge in [0.05, 0.1) is 18.8 Å². The van der Waals surface area contributed by atoms with E-state index < -0.39 is 0 Å². The predicted molar refractivity (Wildman–Crippen MR) is 62.1 cm³/mol. The maximum Gasteiger partial charge on any atom is 0.231 e. The molecule has 0 bridgehead atoms. The van der Waals surface area contributed by atoms with Gasteiger partial charge in [-0.3, -0.25) is 0 Å². The van der Waals surface area contributed by atoms with Crippen LogP contribution in [0, 0.1) is 0 Å². The molecule has 1 aliphatic rings. The molecule has 5 nitrogen and oxygen atoms in total. The van der Waals surface area contributed by atoms with Gasteiger partial charge < -0.3 is 9.64 Å². The number of hydrogen-bond acceptors (Lipinski definition) is 5. The molecular weight excluding hydrogens is 251 g/mol. The fraction of sp³-hybridized carbons (Fsp3) is 0.667. The molecule has 0 amide bonds. The van der Waals surface area contributed by atoms with Gasteiger partial charge in [-0.2, -0.15) is 15.0 Å². The number of nitrogens with zero attached hydrogens (tertiary/aromatic N) is 4. The van der Waals surface area contributed by atoms with Crippen LogP contribution in [0.3, 0.4) is 0 Å². The van der Waals surface area contributed by atoms with Crippen molar-refractivity contribution in [3.63, 3.8) is 0 Å². The molecule has 0 unspecified atom stereocenters. The Labute approximate surface area is 104 Å². The zero-order valence-corrected chi connectivity index (χ0v) is 10.6. The lowest BCUT2D eigenvalue weighted by Gasteiger charge is -2.41. The number of halogens is 2. The van der Waals surface area contributed by atoms with Crippen LogP contribution in [-0.2, 0) is 4.74 Å². The summed E-state index contributed by atoms with van der Waals surface area (Å²) in [4.78, 5) is 13.9. The van der Waals surface area contributed by atoms with Gasteiger partial charge in [0.25, 0.3) is 0 Å². The Bertz CT molecular complexity index is 379. The van der Waals surface area contributed by atoms with E-state index in [1.807, 2.05) is 4.90 Å². The summed E-state index contributed by atoms with van der Waals surface area (Å²) in [6.07, 6.45) is 0. The SMILES string of the molecule is CC1(C)COCCN1c1nc(Cl)nc(Cl)n1. The van der Waals surface area contributed by atoms with Gasteiger partial charge in [-0.25, -0.2) is 0 Å². The van der Waals surface area contributed by atoms with E-state index in [-0.39, 0.29) is 16.1 Å². The van der Waals surface area contributed by atoms with Gasteiger partial charge >= 0.3 is 0 Å². The number of rotatable bonds is 1. The molecule has 2 heterocycles. The molecule has 0 saturated carbocycles. The van der Waals surface area contributed by atoms with Gasteiger partial charge in [-0.05, 0) is 37.0 Å². The first-order valence-corrected chi connectivity index (χ1v) is 5.67. The van der Waals surface area contributed by atoms with Gasteiger partial charge in [0.1, 0.15) is 0 Å². The molecular formula is C9H12Cl2N4O. The van der Waals surface area contributed by atoms with Crippen molar-refractivity contribution in [2.45, 2.75) is 19.4 Å². The monoisotopic (exact) mass is 262 g/mol. The van der Waals surface area contributed by atoms with Crippen LogP contribution in [0.2, 0.25) is 10.6 Å². The third kappa shape index (κ3) is 2.36. The Morgan fingerprint density at radius 3 is 2.38 bits per heavy atom. The standard InChI is InChI=1S/C9H12Cl2N4O/c1-9(2)5-16-4-3-15(9)8-13-6(10)12-7(11)14-8/h3-5H2,1-2H3. The number of hydrogen-bond donors (Lipinski definition) is 0. The van der Waals surface area contributed by atoms with Crippen LogP contribution in [-0.4, -0.2) is 40.2 Å². The quantitative estimate of drug-likeness (QED) is 0.773. The van der Waals surface area contributed by atoms with Crippen LogP contribution < -0.4 is 4.90 Å². The molecule has 16 heavy (non-hydrogen) atoms. The molecule has 1 fully saturated rings. The van der Waals surface area contributed by atoms with Crippen molar-refractivity contribution in [1.29, 1.82) is 0 Å². The fourth-order valence-corrected chi connectivity index (χ4v) is 2.02. The Balaban J connectivity index is 2.34. The van der Waals surface area contributed by atoms with Gasteiger partial charge in [-0.1, -0.05) is 0 Å². The first-order valence-electron chi connectivity index (χ1n) is 4.91. The lowest BCUT2D eigenvalue weighted by atomic mass is 10.0. The zero-order chi connectivity index (χ0) is 11.8. The molecule has 1 saturated heterocycles. The third-order valence-electron chi connectivity index (χ3n) is 2.46. The average molecular weight is 263 g/mol. The van der Waals surface area contributed by atoms with E-state index in [0.29, 0.717) is 25.7 Å². The van der Waals surface area contributed by atoms with E-state index in [1.54, 1.807) is 0 Å². The van der Waals surface area contributed by atoms with Gasteiger partial charge in [0, 0.05) is 6.54 Å². The molecule has 1 aromatic heterocycles. The highest BCUT2D eigenvalue weighted by molar-refractivity contribution is 6.31. The molecule has 0 aliphatic carbocycles. The van der Waals surface area contributed by atoms with Gasteiger partial charge in [0.2, 0.25) is 16.5 Å². The molecule has 0 spiro atoms. The number of anilines is 1. The molecule has 2 rings (SSSR count). The van der Waals surface area contributed by atoms with Crippen molar-refractivity contribution in [1.82, 2.24) is 15.0 Å². The van der Waals surface area contributed by atoms with Crippen molar-refractivity contribution >= 4 is 29.2 Å². The molecule has 0 N–H and O–H groups in total. The molecule has 7 heteroatoms. The van der Waals surface area contributed by atoms with E-state index in [4.69, 9.17) is 27.9 Å².